The second kappa shape index (κ2) is 6.15. The molecule has 1 aliphatic heterocycles. The summed E-state index contributed by atoms with van der Waals surface area (Å²) in [5, 5.41) is 0. The van der Waals surface area contributed by atoms with Crippen molar-refractivity contribution in [1.82, 2.24) is 4.90 Å². The van der Waals surface area contributed by atoms with E-state index in [1.165, 1.54) is 30.5 Å². The lowest BCUT2D eigenvalue weighted by Crippen LogP contribution is -2.37. The van der Waals surface area contributed by atoms with Crippen molar-refractivity contribution in [2.45, 2.75) is 26.3 Å². The highest BCUT2D eigenvalue weighted by Gasteiger charge is 2.19. The van der Waals surface area contributed by atoms with Crippen molar-refractivity contribution < 1.29 is 4.84 Å². The normalized spacial score (nSPS) is 21.6. The number of piperidine rings is 1. The van der Waals surface area contributed by atoms with Crippen molar-refractivity contribution in [2.24, 2.45) is 11.8 Å². The molecule has 17 heavy (non-hydrogen) atoms. The number of rotatable bonds is 4. The van der Waals surface area contributed by atoms with Crippen LogP contribution < -0.4 is 5.90 Å². The minimum absolute atomic E-state index is 0.596. The van der Waals surface area contributed by atoms with Crippen LogP contribution >= 0.6 is 0 Å². The van der Waals surface area contributed by atoms with Crippen LogP contribution in [0, 0.1) is 12.8 Å². The fraction of sp³-hybridized carbons (Fsp3) is 0.571. The molecule has 2 N–H and O–H groups in total. The molecule has 0 spiro atoms. The molecule has 1 heterocycles. The lowest BCUT2D eigenvalue weighted by molar-refractivity contribution is 0.0585. The zero-order chi connectivity index (χ0) is 12.1. The van der Waals surface area contributed by atoms with Gasteiger partial charge >= 0.3 is 0 Å². The second-order valence-electron chi connectivity index (χ2n) is 5.06. The van der Waals surface area contributed by atoms with E-state index < -0.39 is 0 Å². The van der Waals surface area contributed by atoms with Gasteiger partial charge in [-0.3, -0.25) is 4.90 Å². The summed E-state index contributed by atoms with van der Waals surface area (Å²) >= 11 is 0. The van der Waals surface area contributed by atoms with Crippen LogP contribution in [0.2, 0.25) is 0 Å². The van der Waals surface area contributed by atoms with Crippen molar-refractivity contribution >= 4 is 0 Å². The first-order chi connectivity index (χ1) is 8.28. The van der Waals surface area contributed by atoms with E-state index in [2.05, 4.69) is 36.1 Å². The van der Waals surface area contributed by atoms with Gasteiger partial charge in [-0.25, -0.2) is 5.90 Å². The largest absolute Gasteiger partial charge is 0.304 e. The summed E-state index contributed by atoms with van der Waals surface area (Å²) in [6.45, 7) is 6.14. The van der Waals surface area contributed by atoms with Gasteiger partial charge in [0.15, 0.2) is 0 Å². The number of nitrogens with zero attached hydrogens (tertiary/aromatic N) is 1. The first kappa shape index (κ1) is 12.6. The maximum absolute atomic E-state index is 5.16. The minimum Gasteiger partial charge on any atom is -0.304 e. The molecule has 0 bridgehead atoms. The molecule has 0 aliphatic carbocycles. The average molecular weight is 234 g/mol. The van der Waals surface area contributed by atoms with E-state index in [1.807, 2.05) is 0 Å². The van der Waals surface area contributed by atoms with Crippen LogP contribution in [-0.2, 0) is 11.4 Å². The van der Waals surface area contributed by atoms with Crippen LogP contribution in [0.15, 0.2) is 24.3 Å². The van der Waals surface area contributed by atoms with Gasteiger partial charge in [0.25, 0.3) is 0 Å². The summed E-state index contributed by atoms with van der Waals surface area (Å²) in [5.41, 5.74) is 2.71. The molecule has 0 radical (unpaired) electrons. The minimum atomic E-state index is 0.596. The summed E-state index contributed by atoms with van der Waals surface area (Å²) < 4.78 is 0. The number of aryl methyl sites for hydroxylation is 1. The third-order valence-corrected chi connectivity index (χ3v) is 3.46. The van der Waals surface area contributed by atoms with Crippen LogP contribution in [0.1, 0.15) is 24.0 Å². The monoisotopic (exact) mass is 234 g/mol. The van der Waals surface area contributed by atoms with Gasteiger partial charge < -0.3 is 4.84 Å². The second-order valence-corrected chi connectivity index (χ2v) is 5.06. The SMILES string of the molecule is Cc1ccc(CN2CCCC(CON)C2)cc1. The highest BCUT2D eigenvalue weighted by atomic mass is 16.6. The average Bonchev–Trinajstić information content (AvgIpc) is 2.33. The summed E-state index contributed by atoms with van der Waals surface area (Å²) in [5.74, 6) is 5.75. The smallest absolute Gasteiger partial charge is 0.0719 e. The molecule has 1 saturated heterocycles. The Balaban J connectivity index is 1.87. The predicted molar refractivity (Wildman–Crippen MR) is 69.3 cm³/mol. The molecule has 1 fully saturated rings. The fourth-order valence-electron chi connectivity index (χ4n) is 2.52. The molecular weight excluding hydrogens is 212 g/mol. The molecule has 3 nitrogen and oxygen atoms in total. The van der Waals surface area contributed by atoms with Crippen molar-refractivity contribution in [3.05, 3.63) is 35.4 Å². The zero-order valence-corrected chi connectivity index (χ0v) is 10.6. The maximum atomic E-state index is 5.16. The Morgan fingerprint density at radius 2 is 2.12 bits per heavy atom. The maximum Gasteiger partial charge on any atom is 0.0719 e. The van der Waals surface area contributed by atoms with Gasteiger partial charge in [0, 0.05) is 13.1 Å². The number of nitrogens with two attached hydrogens (primary N) is 1. The highest BCUT2D eigenvalue weighted by Crippen LogP contribution is 2.18. The fourth-order valence-corrected chi connectivity index (χ4v) is 2.52. The Kier molecular flexibility index (Phi) is 4.54. The standard InChI is InChI=1S/C14H22N2O/c1-12-4-6-13(7-5-12)9-16-8-2-3-14(10-16)11-17-15/h4-7,14H,2-3,8-11,15H2,1H3. The Morgan fingerprint density at radius 1 is 1.35 bits per heavy atom. The molecule has 0 amide bonds. The third-order valence-electron chi connectivity index (χ3n) is 3.46. The first-order valence-corrected chi connectivity index (χ1v) is 6.37. The van der Waals surface area contributed by atoms with Gasteiger partial charge in [-0.1, -0.05) is 29.8 Å². The van der Waals surface area contributed by atoms with Crippen LogP contribution in [0.5, 0.6) is 0 Å². The quantitative estimate of drug-likeness (QED) is 0.811. The van der Waals surface area contributed by atoms with Crippen LogP contribution in [-0.4, -0.2) is 24.6 Å². The lowest BCUT2D eigenvalue weighted by atomic mass is 9.98. The Hall–Kier alpha value is -0.900. The van der Waals surface area contributed by atoms with Crippen LogP contribution in [0.25, 0.3) is 0 Å². The highest BCUT2D eigenvalue weighted by molar-refractivity contribution is 5.21. The molecule has 0 saturated carbocycles. The van der Waals surface area contributed by atoms with Crippen molar-refractivity contribution in [3.63, 3.8) is 0 Å². The third kappa shape index (κ3) is 3.80. The summed E-state index contributed by atoms with van der Waals surface area (Å²) in [4.78, 5) is 7.27. The number of hydrogen-bond acceptors (Lipinski definition) is 3. The molecule has 1 atom stereocenters. The molecule has 0 aromatic heterocycles. The summed E-state index contributed by atoms with van der Waals surface area (Å²) in [7, 11) is 0. The number of benzene rings is 1. The van der Waals surface area contributed by atoms with Crippen molar-refractivity contribution in [3.8, 4) is 0 Å². The molecule has 1 unspecified atom stereocenters. The topological polar surface area (TPSA) is 38.5 Å². The molecule has 3 heteroatoms. The first-order valence-electron chi connectivity index (χ1n) is 6.37. The predicted octanol–water partition coefficient (Wildman–Crippen LogP) is 2.10. The van der Waals surface area contributed by atoms with Gasteiger partial charge in [0.2, 0.25) is 0 Å². The van der Waals surface area contributed by atoms with Gasteiger partial charge in [-0.15, -0.1) is 0 Å². The van der Waals surface area contributed by atoms with Crippen LogP contribution in [0.3, 0.4) is 0 Å². The summed E-state index contributed by atoms with van der Waals surface area (Å²) in [6.07, 6.45) is 2.49. The van der Waals surface area contributed by atoms with E-state index in [0.29, 0.717) is 12.5 Å². The molecule has 1 aromatic carbocycles. The van der Waals surface area contributed by atoms with E-state index in [9.17, 15) is 0 Å². The van der Waals surface area contributed by atoms with Gasteiger partial charge in [-0.05, 0) is 37.8 Å². The van der Waals surface area contributed by atoms with Crippen molar-refractivity contribution in [1.29, 1.82) is 0 Å². The van der Waals surface area contributed by atoms with E-state index in [0.717, 1.165) is 13.1 Å². The summed E-state index contributed by atoms with van der Waals surface area (Å²) in [6, 6.07) is 8.80. The van der Waals surface area contributed by atoms with Crippen molar-refractivity contribution in [2.75, 3.05) is 19.7 Å². The van der Waals surface area contributed by atoms with E-state index in [-0.39, 0.29) is 0 Å². The molecule has 94 valence electrons. The molecule has 1 aliphatic rings. The zero-order valence-electron chi connectivity index (χ0n) is 10.6. The molecule has 1 aromatic rings. The van der Waals surface area contributed by atoms with Crippen LogP contribution in [0.4, 0.5) is 0 Å². The van der Waals surface area contributed by atoms with Gasteiger partial charge in [-0.2, -0.15) is 0 Å². The van der Waals surface area contributed by atoms with Gasteiger partial charge in [0.1, 0.15) is 0 Å². The number of likely N-dealkylation sites (tertiary alicyclic amines) is 1. The van der Waals surface area contributed by atoms with Gasteiger partial charge in [0.05, 0.1) is 6.61 Å². The van der Waals surface area contributed by atoms with E-state index in [1.54, 1.807) is 0 Å². The van der Waals surface area contributed by atoms with E-state index >= 15 is 0 Å². The lowest BCUT2D eigenvalue weighted by Gasteiger charge is -2.32. The Bertz CT molecular complexity index is 335. The Labute approximate surface area is 104 Å². The Morgan fingerprint density at radius 3 is 2.82 bits per heavy atom. The molecular formula is C14H22N2O. The number of hydrogen-bond donors (Lipinski definition) is 1. The molecule has 2 rings (SSSR count). The van der Waals surface area contributed by atoms with E-state index in [4.69, 9.17) is 10.7 Å².